The van der Waals surface area contributed by atoms with Crippen LogP contribution in [0.4, 0.5) is 5.69 Å². The second kappa shape index (κ2) is 7.32. The van der Waals surface area contributed by atoms with E-state index in [0.29, 0.717) is 24.8 Å². The zero-order chi connectivity index (χ0) is 16.2. The van der Waals surface area contributed by atoms with Gasteiger partial charge in [-0.25, -0.2) is 4.79 Å². The molecule has 2 fully saturated rings. The van der Waals surface area contributed by atoms with Gasteiger partial charge in [-0.3, -0.25) is 4.90 Å². The Kier molecular flexibility index (Phi) is 5.18. The predicted octanol–water partition coefficient (Wildman–Crippen LogP) is 2.16. The fraction of sp³-hybridized carbons (Fsp3) is 0.611. The number of benzene rings is 1. The predicted molar refractivity (Wildman–Crippen MR) is 90.0 cm³/mol. The van der Waals surface area contributed by atoms with E-state index in [1.54, 1.807) is 0 Å². The van der Waals surface area contributed by atoms with E-state index >= 15 is 0 Å². The zero-order valence-corrected chi connectivity index (χ0v) is 14.0. The molecule has 0 radical (unpaired) electrons. The van der Waals surface area contributed by atoms with Gasteiger partial charge in [-0.05, 0) is 38.1 Å². The van der Waals surface area contributed by atoms with Crippen LogP contribution in [0, 0.1) is 0 Å². The molecule has 3 rings (SSSR count). The van der Waals surface area contributed by atoms with Crippen LogP contribution in [0.1, 0.15) is 30.6 Å². The minimum absolute atomic E-state index is 0.0914. The van der Waals surface area contributed by atoms with Gasteiger partial charge in [0.2, 0.25) is 0 Å². The number of esters is 1. The van der Waals surface area contributed by atoms with Crippen molar-refractivity contribution in [1.29, 1.82) is 0 Å². The van der Waals surface area contributed by atoms with Crippen LogP contribution in [-0.4, -0.2) is 62.4 Å². The lowest BCUT2D eigenvalue weighted by molar-refractivity contribution is 0.0270. The first-order valence-electron chi connectivity index (χ1n) is 8.51. The number of hydrogen-bond acceptors (Lipinski definition) is 5. The smallest absolute Gasteiger partial charge is 0.338 e. The van der Waals surface area contributed by atoms with Crippen LogP contribution in [0.15, 0.2) is 24.3 Å². The van der Waals surface area contributed by atoms with E-state index in [4.69, 9.17) is 9.47 Å². The molecule has 2 saturated heterocycles. The summed E-state index contributed by atoms with van der Waals surface area (Å²) in [7, 11) is 0. The van der Waals surface area contributed by atoms with Gasteiger partial charge in [-0.15, -0.1) is 0 Å². The molecule has 1 atom stereocenters. The Morgan fingerprint density at radius 2 is 1.87 bits per heavy atom. The van der Waals surface area contributed by atoms with Crippen molar-refractivity contribution < 1.29 is 14.3 Å². The molecule has 1 unspecified atom stereocenters. The molecule has 5 nitrogen and oxygen atoms in total. The molecule has 0 bridgehead atoms. The summed E-state index contributed by atoms with van der Waals surface area (Å²) in [5, 5.41) is 0. The maximum Gasteiger partial charge on any atom is 0.338 e. The molecule has 1 aromatic rings. The Labute approximate surface area is 138 Å². The molecule has 23 heavy (non-hydrogen) atoms. The van der Waals surface area contributed by atoms with Crippen molar-refractivity contribution in [1.82, 2.24) is 4.90 Å². The Bertz CT molecular complexity index is 516. The Balaban J connectivity index is 1.55. The highest BCUT2D eigenvalue weighted by atomic mass is 16.6. The van der Waals surface area contributed by atoms with Gasteiger partial charge in [-0.1, -0.05) is 0 Å². The number of rotatable bonds is 4. The quantitative estimate of drug-likeness (QED) is 0.796. The lowest BCUT2D eigenvalue weighted by atomic mass is 10.1. The highest BCUT2D eigenvalue weighted by Crippen LogP contribution is 2.19. The molecular formula is C18H26N2O3. The van der Waals surface area contributed by atoms with Crippen LogP contribution < -0.4 is 4.90 Å². The first kappa shape index (κ1) is 16.3. The number of carbonyl (C=O) groups excluding carboxylic acids is 1. The van der Waals surface area contributed by atoms with E-state index in [0.717, 1.165) is 32.6 Å². The monoisotopic (exact) mass is 318 g/mol. The maximum absolute atomic E-state index is 12.1. The van der Waals surface area contributed by atoms with Gasteiger partial charge in [-0.2, -0.15) is 0 Å². The van der Waals surface area contributed by atoms with Crippen molar-refractivity contribution in [3.05, 3.63) is 29.8 Å². The second-order valence-electron chi connectivity index (χ2n) is 6.55. The van der Waals surface area contributed by atoms with E-state index < -0.39 is 0 Å². The SMILES string of the molecule is CC(C)N1CCN(c2ccc(C(=O)OC3CCOC3)cc2)CC1. The minimum Gasteiger partial charge on any atom is -0.456 e. The van der Waals surface area contributed by atoms with Crippen LogP contribution in [0.2, 0.25) is 0 Å². The van der Waals surface area contributed by atoms with E-state index in [2.05, 4.69) is 23.6 Å². The summed E-state index contributed by atoms with van der Waals surface area (Å²) in [6.45, 7) is 9.91. The van der Waals surface area contributed by atoms with Gasteiger partial charge in [0.05, 0.1) is 18.8 Å². The van der Waals surface area contributed by atoms with E-state index in [-0.39, 0.29) is 12.1 Å². The highest BCUT2D eigenvalue weighted by Gasteiger charge is 2.22. The average Bonchev–Trinajstić information content (AvgIpc) is 3.08. The summed E-state index contributed by atoms with van der Waals surface area (Å²) >= 11 is 0. The van der Waals surface area contributed by atoms with Crippen molar-refractivity contribution in [2.24, 2.45) is 0 Å². The van der Waals surface area contributed by atoms with E-state index in [1.165, 1.54) is 5.69 Å². The third-order valence-corrected chi connectivity index (χ3v) is 4.67. The summed E-state index contributed by atoms with van der Waals surface area (Å²) in [6, 6.07) is 8.37. The standard InChI is InChI=1S/C18H26N2O3/c1-14(2)19-8-10-20(11-9-19)16-5-3-15(4-6-16)18(21)23-17-7-12-22-13-17/h3-6,14,17H,7-13H2,1-2H3. The summed E-state index contributed by atoms with van der Waals surface area (Å²) in [5.74, 6) is -0.253. The van der Waals surface area contributed by atoms with Crippen LogP contribution in [0.5, 0.6) is 0 Å². The molecule has 2 aliphatic heterocycles. The van der Waals surface area contributed by atoms with Crippen molar-refractivity contribution in [3.63, 3.8) is 0 Å². The number of nitrogens with zero attached hydrogens (tertiary/aromatic N) is 2. The molecule has 126 valence electrons. The van der Waals surface area contributed by atoms with Crippen molar-refractivity contribution in [3.8, 4) is 0 Å². The Morgan fingerprint density at radius 3 is 2.43 bits per heavy atom. The molecule has 0 N–H and O–H groups in total. The third-order valence-electron chi connectivity index (χ3n) is 4.67. The average molecular weight is 318 g/mol. The second-order valence-corrected chi connectivity index (χ2v) is 6.55. The first-order chi connectivity index (χ1) is 11.1. The third kappa shape index (κ3) is 4.03. The van der Waals surface area contributed by atoms with Crippen LogP contribution in [0.25, 0.3) is 0 Å². The van der Waals surface area contributed by atoms with Gasteiger partial charge in [0.15, 0.2) is 0 Å². The lowest BCUT2D eigenvalue weighted by Crippen LogP contribution is -2.48. The molecule has 2 aliphatic rings. The normalized spacial score (nSPS) is 22.6. The summed E-state index contributed by atoms with van der Waals surface area (Å²) in [6.07, 6.45) is 0.704. The van der Waals surface area contributed by atoms with Crippen molar-refractivity contribution >= 4 is 11.7 Å². The van der Waals surface area contributed by atoms with Gasteiger partial charge >= 0.3 is 5.97 Å². The van der Waals surface area contributed by atoms with Crippen LogP contribution in [-0.2, 0) is 9.47 Å². The number of ether oxygens (including phenoxy) is 2. The van der Waals surface area contributed by atoms with Gasteiger partial charge in [0.25, 0.3) is 0 Å². The fourth-order valence-electron chi connectivity index (χ4n) is 3.13. The Hall–Kier alpha value is -1.59. The van der Waals surface area contributed by atoms with Crippen LogP contribution >= 0.6 is 0 Å². The molecule has 0 spiro atoms. The number of piperazine rings is 1. The summed E-state index contributed by atoms with van der Waals surface area (Å²) < 4.78 is 10.7. The van der Waals surface area contributed by atoms with Gasteiger partial charge in [0.1, 0.15) is 6.10 Å². The molecule has 1 aromatic carbocycles. The first-order valence-corrected chi connectivity index (χ1v) is 8.51. The van der Waals surface area contributed by atoms with Crippen LogP contribution in [0.3, 0.4) is 0 Å². The fourth-order valence-corrected chi connectivity index (χ4v) is 3.13. The molecule has 2 heterocycles. The summed E-state index contributed by atoms with van der Waals surface area (Å²) in [5.41, 5.74) is 1.79. The van der Waals surface area contributed by atoms with Gasteiger partial charge in [0, 0.05) is 44.3 Å². The molecule has 0 aromatic heterocycles. The van der Waals surface area contributed by atoms with Crippen molar-refractivity contribution in [2.75, 3.05) is 44.3 Å². The highest BCUT2D eigenvalue weighted by molar-refractivity contribution is 5.90. The topological polar surface area (TPSA) is 42.0 Å². The zero-order valence-electron chi connectivity index (χ0n) is 14.0. The number of anilines is 1. The minimum atomic E-state index is -0.253. The Morgan fingerprint density at radius 1 is 1.17 bits per heavy atom. The number of carbonyl (C=O) groups is 1. The summed E-state index contributed by atoms with van der Waals surface area (Å²) in [4.78, 5) is 17.0. The van der Waals surface area contributed by atoms with Gasteiger partial charge < -0.3 is 14.4 Å². The molecule has 0 amide bonds. The maximum atomic E-state index is 12.1. The lowest BCUT2D eigenvalue weighted by Gasteiger charge is -2.38. The van der Waals surface area contributed by atoms with Crippen molar-refractivity contribution in [2.45, 2.75) is 32.4 Å². The molecular weight excluding hydrogens is 292 g/mol. The molecule has 5 heteroatoms. The van der Waals surface area contributed by atoms with E-state index in [9.17, 15) is 4.79 Å². The number of hydrogen-bond donors (Lipinski definition) is 0. The molecule has 0 aliphatic carbocycles. The molecule has 0 saturated carbocycles. The van der Waals surface area contributed by atoms with E-state index in [1.807, 2.05) is 24.3 Å². The largest absolute Gasteiger partial charge is 0.456 e.